The van der Waals surface area contributed by atoms with Gasteiger partial charge in [0.1, 0.15) is 0 Å². The van der Waals surface area contributed by atoms with Crippen molar-refractivity contribution in [3.8, 4) is 0 Å². The van der Waals surface area contributed by atoms with Crippen molar-refractivity contribution in [1.29, 1.82) is 0 Å². The Balaban J connectivity index is 0.000000173. The summed E-state index contributed by atoms with van der Waals surface area (Å²) in [7, 11) is 9.87. The monoisotopic (exact) mass is 458 g/mol. The van der Waals surface area contributed by atoms with E-state index in [2.05, 4.69) is 100 Å². The molecule has 0 aliphatic heterocycles. The van der Waals surface area contributed by atoms with Crippen molar-refractivity contribution in [2.75, 3.05) is 0 Å². The summed E-state index contributed by atoms with van der Waals surface area (Å²) in [4.78, 5) is 0. The second-order valence-corrected chi connectivity index (χ2v) is 9.68. The minimum atomic E-state index is -0.826. The maximum atomic E-state index is 4.93. The molecular weight excluding hydrogens is 438 g/mol. The molecule has 0 N–H and O–H groups in total. The van der Waals surface area contributed by atoms with E-state index in [9.17, 15) is 0 Å². The topological polar surface area (TPSA) is 0 Å². The second kappa shape index (κ2) is 13.4. The molecule has 0 aromatic heterocycles. The standard InChI is InChI=1S/C14H15.C9H7.2ClH.Zr/c1-12-6-2-5-9-14(12)11-10-13-7-3-4-8-13;1-2-5-9-7-3-6-8(9)4-1;;;/h2-9H,10-11H2,1H3;1-7H;2*1H;/q;;;;+4/p-2. The van der Waals surface area contributed by atoms with Gasteiger partial charge in [-0.3, -0.25) is 0 Å². The number of aryl methyl sites for hydroxylation is 2. The third kappa shape index (κ3) is 8.04. The molecule has 0 heterocycles. The van der Waals surface area contributed by atoms with Gasteiger partial charge in [-0.1, -0.05) is 48.6 Å². The van der Waals surface area contributed by atoms with Crippen LogP contribution in [0.2, 0.25) is 0 Å². The molecule has 10 radical (unpaired) electrons. The van der Waals surface area contributed by atoms with Crippen LogP contribution in [0.15, 0.2) is 48.6 Å². The van der Waals surface area contributed by atoms with Gasteiger partial charge in [-0.05, 0) is 81.8 Å². The van der Waals surface area contributed by atoms with E-state index >= 15 is 0 Å². The van der Waals surface area contributed by atoms with Crippen LogP contribution >= 0.6 is 17.0 Å². The average molecular weight is 461 g/mol. The number of allylic oxidation sites excluding steroid dienone is 4. The number of halogens is 2. The fourth-order valence-corrected chi connectivity index (χ4v) is 2.82. The van der Waals surface area contributed by atoms with Crippen molar-refractivity contribution >= 4 is 17.0 Å². The molecule has 3 aliphatic carbocycles. The Labute approximate surface area is 179 Å². The van der Waals surface area contributed by atoms with Crippen LogP contribution in [0.25, 0.3) is 0 Å². The van der Waals surface area contributed by atoms with Gasteiger partial charge in [0, 0.05) is 11.8 Å². The molecule has 0 nitrogen and oxygen atoms in total. The molecule has 2 saturated carbocycles. The summed E-state index contributed by atoms with van der Waals surface area (Å²) >= 11 is -0.826. The van der Waals surface area contributed by atoms with Gasteiger partial charge < -0.3 is 0 Å². The van der Waals surface area contributed by atoms with Crippen LogP contribution in [0.1, 0.15) is 17.5 Å². The summed E-state index contributed by atoms with van der Waals surface area (Å²) < 4.78 is 0. The van der Waals surface area contributed by atoms with Crippen molar-refractivity contribution in [2.45, 2.75) is 19.8 Å². The molecule has 4 rings (SSSR count). The Morgan fingerprint density at radius 1 is 0.769 bits per heavy atom. The molecule has 0 saturated heterocycles. The van der Waals surface area contributed by atoms with E-state index in [1.807, 2.05) is 0 Å². The van der Waals surface area contributed by atoms with Crippen molar-refractivity contribution in [3.05, 3.63) is 122 Å². The van der Waals surface area contributed by atoms with E-state index in [0.29, 0.717) is 0 Å². The Hall–Kier alpha value is 0.163. The summed E-state index contributed by atoms with van der Waals surface area (Å²) in [5.41, 5.74) is 2.87. The molecule has 3 heteroatoms. The first-order chi connectivity index (χ1) is 12.7. The molecule has 3 aliphatic rings. The van der Waals surface area contributed by atoms with E-state index < -0.39 is 20.8 Å². The summed E-state index contributed by atoms with van der Waals surface area (Å²) in [6.07, 6.45) is 25.6. The molecule has 0 bridgehead atoms. The molecular formula is C23H22Cl2Zr+2. The van der Waals surface area contributed by atoms with Crippen LogP contribution in [-0.4, -0.2) is 0 Å². The van der Waals surface area contributed by atoms with Crippen molar-refractivity contribution < 1.29 is 20.8 Å². The molecule has 130 valence electrons. The van der Waals surface area contributed by atoms with Gasteiger partial charge in [0.05, 0.1) is 0 Å². The number of hydrogen-bond acceptors (Lipinski definition) is 0. The maximum absolute atomic E-state index is 4.93. The molecule has 0 atom stereocenters. The Morgan fingerprint density at radius 2 is 1.35 bits per heavy atom. The molecule has 1 aromatic carbocycles. The fourth-order valence-electron chi connectivity index (χ4n) is 2.82. The van der Waals surface area contributed by atoms with E-state index in [0.717, 1.165) is 12.8 Å². The SMILES string of the molecule is Cc1ccccc1CC[C]1[CH][CH][CH][CH]1.[CH]1[CH][C]2C=CC=C[C]2[CH]1.[Cl][Zr+2][Cl]. The van der Waals surface area contributed by atoms with Gasteiger partial charge in [0.2, 0.25) is 0 Å². The molecule has 26 heavy (non-hydrogen) atoms. The number of fused-ring (bicyclic) bond motifs is 1. The first kappa shape index (κ1) is 22.5. The van der Waals surface area contributed by atoms with Crippen molar-refractivity contribution in [2.24, 2.45) is 0 Å². The van der Waals surface area contributed by atoms with Gasteiger partial charge in [-0.2, -0.15) is 0 Å². The number of benzene rings is 1. The predicted octanol–water partition coefficient (Wildman–Crippen LogP) is 6.60. The zero-order valence-electron chi connectivity index (χ0n) is 14.8. The van der Waals surface area contributed by atoms with Crippen molar-refractivity contribution in [1.82, 2.24) is 0 Å². The summed E-state index contributed by atoms with van der Waals surface area (Å²) in [5.74, 6) is 4.10. The summed E-state index contributed by atoms with van der Waals surface area (Å²) in [6, 6.07) is 8.62. The Bertz CT molecular complexity index is 543. The van der Waals surface area contributed by atoms with Crippen LogP contribution < -0.4 is 0 Å². The zero-order chi connectivity index (χ0) is 18.6. The van der Waals surface area contributed by atoms with Gasteiger partial charge in [-0.25, -0.2) is 0 Å². The van der Waals surface area contributed by atoms with E-state index in [4.69, 9.17) is 17.0 Å². The Kier molecular flexibility index (Phi) is 11.5. The Morgan fingerprint density at radius 3 is 1.92 bits per heavy atom. The first-order valence-corrected chi connectivity index (χ1v) is 14.9. The normalized spacial score (nSPS) is 19.2. The molecule has 2 fully saturated rings. The van der Waals surface area contributed by atoms with Gasteiger partial charge >= 0.3 is 37.9 Å². The molecule has 0 unspecified atom stereocenters. The quantitative estimate of drug-likeness (QED) is 0.477. The van der Waals surface area contributed by atoms with Gasteiger partial charge in [0.15, 0.2) is 0 Å². The van der Waals surface area contributed by atoms with Crippen molar-refractivity contribution in [3.63, 3.8) is 0 Å². The third-order valence-electron chi connectivity index (χ3n) is 4.22. The van der Waals surface area contributed by atoms with Crippen LogP contribution in [-0.2, 0) is 27.3 Å². The average Bonchev–Trinajstić information content (AvgIpc) is 3.34. The summed E-state index contributed by atoms with van der Waals surface area (Å²) in [6.45, 7) is 2.18. The second-order valence-electron chi connectivity index (χ2n) is 5.95. The zero-order valence-corrected chi connectivity index (χ0v) is 18.8. The van der Waals surface area contributed by atoms with Crippen LogP contribution in [0.4, 0.5) is 0 Å². The fraction of sp³-hybridized carbons (Fsp3) is 0.130. The number of hydrogen-bond donors (Lipinski definition) is 0. The van der Waals surface area contributed by atoms with Crippen LogP contribution in [0.3, 0.4) is 0 Å². The van der Waals surface area contributed by atoms with E-state index in [1.54, 1.807) is 0 Å². The van der Waals surface area contributed by atoms with Gasteiger partial charge in [-0.15, -0.1) is 0 Å². The minimum absolute atomic E-state index is 0.826. The van der Waals surface area contributed by atoms with Crippen LogP contribution in [0, 0.1) is 69.6 Å². The van der Waals surface area contributed by atoms with Crippen LogP contribution in [0.5, 0.6) is 0 Å². The third-order valence-corrected chi connectivity index (χ3v) is 4.22. The molecule has 1 aromatic rings. The van der Waals surface area contributed by atoms with E-state index in [-0.39, 0.29) is 0 Å². The van der Waals surface area contributed by atoms with E-state index in [1.165, 1.54) is 28.9 Å². The predicted molar refractivity (Wildman–Crippen MR) is 109 cm³/mol. The van der Waals surface area contributed by atoms with Gasteiger partial charge in [0.25, 0.3) is 0 Å². The summed E-state index contributed by atoms with van der Waals surface area (Å²) in [5, 5.41) is 0. The molecule has 0 amide bonds. The molecule has 0 spiro atoms. The number of rotatable bonds is 3. The first-order valence-electron chi connectivity index (χ1n) is 8.56.